The van der Waals surface area contributed by atoms with Crippen LogP contribution in [0, 0.1) is 12.8 Å². The van der Waals surface area contributed by atoms with E-state index < -0.39 is 5.91 Å². The minimum atomic E-state index is -0.417. The summed E-state index contributed by atoms with van der Waals surface area (Å²) in [6.45, 7) is 13.6. The number of aryl methyl sites for hydroxylation is 1. The number of ether oxygens (including phenoxy) is 1. The fourth-order valence-electron chi connectivity index (χ4n) is 7.12. The second-order valence-electron chi connectivity index (χ2n) is 14.9. The summed E-state index contributed by atoms with van der Waals surface area (Å²) in [5, 5.41) is 21.6. The van der Waals surface area contributed by atoms with Crippen molar-refractivity contribution < 1.29 is 19.2 Å². The van der Waals surface area contributed by atoms with Gasteiger partial charge in [-0.25, -0.2) is 9.97 Å². The Morgan fingerprint density at radius 2 is 1.76 bits per heavy atom. The van der Waals surface area contributed by atoms with Gasteiger partial charge in [0.15, 0.2) is 5.82 Å². The zero-order chi connectivity index (χ0) is 35.5. The number of nitrogens with one attached hydrogen (secondary N) is 2. The van der Waals surface area contributed by atoms with Crippen molar-refractivity contribution in [2.75, 3.05) is 32.7 Å². The molecule has 12 nitrogen and oxygen atoms in total. The molecule has 2 saturated heterocycles. The number of nitrogens with zero attached hydrogens (tertiary/aromatic N) is 6. The second kappa shape index (κ2) is 14.9. The van der Waals surface area contributed by atoms with Gasteiger partial charge in [0.2, 0.25) is 0 Å². The van der Waals surface area contributed by atoms with E-state index in [0.29, 0.717) is 18.0 Å². The van der Waals surface area contributed by atoms with Crippen molar-refractivity contribution >= 4 is 16.9 Å². The fraction of sp³-hybridized carbons (Fsp3) is 0.462. The van der Waals surface area contributed by atoms with Gasteiger partial charge < -0.3 is 34.5 Å². The number of carbonyl (C=O) groups excluding carboxylic acids is 1. The van der Waals surface area contributed by atoms with Gasteiger partial charge in [-0.15, -0.1) is 0 Å². The van der Waals surface area contributed by atoms with Gasteiger partial charge in [-0.2, -0.15) is 4.98 Å². The number of aliphatic hydroxyl groups is 1. The van der Waals surface area contributed by atoms with Crippen LogP contribution in [0.4, 0.5) is 0 Å². The first kappa shape index (κ1) is 34.8. The Balaban J connectivity index is 1.02. The van der Waals surface area contributed by atoms with E-state index in [0.717, 1.165) is 89.7 Å². The molecule has 2 aliphatic heterocycles. The van der Waals surface area contributed by atoms with Crippen LogP contribution in [0.3, 0.4) is 0 Å². The molecule has 0 radical (unpaired) electrons. The van der Waals surface area contributed by atoms with E-state index in [2.05, 4.69) is 35.6 Å². The molecule has 1 amide bonds. The Kier molecular flexibility index (Phi) is 10.2. The number of hydrogen-bond acceptors (Lipinski definition) is 10. The maximum atomic E-state index is 12.7. The highest BCUT2D eigenvalue weighted by Gasteiger charge is 2.25. The zero-order valence-corrected chi connectivity index (χ0v) is 30.0. The minimum absolute atomic E-state index is 0.0529. The van der Waals surface area contributed by atoms with Gasteiger partial charge in [-0.3, -0.25) is 4.79 Å². The average molecular weight is 693 g/mol. The Hall–Kier alpha value is -4.65. The van der Waals surface area contributed by atoms with Crippen molar-refractivity contribution in [2.45, 2.75) is 78.2 Å². The van der Waals surface area contributed by atoms with Gasteiger partial charge in [0, 0.05) is 42.5 Å². The summed E-state index contributed by atoms with van der Waals surface area (Å²) < 4.78 is 13.4. The van der Waals surface area contributed by atoms with Crippen molar-refractivity contribution in [3.05, 3.63) is 77.7 Å². The van der Waals surface area contributed by atoms with Crippen LogP contribution in [0.5, 0.6) is 5.75 Å². The Labute approximate surface area is 298 Å². The molecule has 0 bridgehead atoms. The number of aliphatic hydroxyl groups excluding tert-OH is 1. The second-order valence-corrected chi connectivity index (χ2v) is 14.9. The number of likely N-dealkylation sites (tertiary alicyclic amines) is 1. The lowest BCUT2D eigenvalue weighted by Crippen LogP contribution is -2.42. The van der Waals surface area contributed by atoms with E-state index in [4.69, 9.17) is 9.26 Å². The molecular weight excluding hydrogens is 644 g/mol. The number of carbonyl (C=O) groups is 1. The summed E-state index contributed by atoms with van der Waals surface area (Å²) in [4.78, 5) is 28.8. The molecule has 5 aromatic rings. The molecule has 3 N–H and O–H groups in total. The molecule has 268 valence electrons. The maximum absolute atomic E-state index is 12.7. The lowest BCUT2D eigenvalue weighted by atomic mass is 9.96. The molecule has 3 aromatic heterocycles. The van der Waals surface area contributed by atoms with E-state index in [1.54, 1.807) is 4.57 Å². The van der Waals surface area contributed by atoms with Crippen molar-refractivity contribution in [3.8, 4) is 28.3 Å². The number of piperidine rings is 2. The number of amides is 1. The summed E-state index contributed by atoms with van der Waals surface area (Å²) in [5.41, 5.74) is 5.75. The van der Waals surface area contributed by atoms with Crippen LogP contribution in [0.1, 0.15) is 74.1 Å². The van der Waals surface area contributed by atoms with Crippen LogP contribution in [0.25, 0.3) is 33.5 Å². The third kappa shape index (κ3) is 7.83. The standard InChI is InChI=1S/C39H48N8O4/c1-25-19-28(5-6-29(25)21-41-36(49)37-44-38(45-51-37)39(2,3)4)34-32-20-33(47(24-48)35(32)43-23-42-34)27-7-9-30(10-8-27)50-31-13-17-46(18-14-31)22-26-11-15-40-16-12-26/h5-10,19-20,23,26,31,40,48H,11-18,21-22,24H2,1-4H3,(H,41,49). The van der Waals surface area contributed by atoms with E-state index in [9.17, 15) is 9.90 Å². The van der Waals surface area contributed by atoms with Crippen LogP contribution < -0.4 is 15.4 Å². The highest BCUT2D eigenvalue weighted by molar-refractivity contribution is 5.95. The van der Waals surface area contributed by atoms with Gasteiger partial charge in [0.1, 0.15) is 30.6 Å². The smallest absolute Gasteiger partial charge is 0.315 e. The first-order valence-corrected chi connectivity index (χ1v) is 18.0. The number of aromatic nitrogens is 5. The molecule has 0 saturated carbocycles. The molecule has 51 heavy (non-hydrogen) atoms. The SMILES string of the molecule is Cc1cc(-c2ncnc3c2cc(-c2ccc(OC4CCN(CC5CCNCC5)CC4)cc2)n3CO)ccc1CNC(=O)c1nc(C(C)(C)C)no1. The topological polar surface area (TPSA) is 143 Å². The maximum Gasteiger partial charge on any atom is 0.315 e. The molecule has 2 aliphatic rings. The van der Waals surface area contributed by atoms with Gasteiger partial charge in [-0.05, 0) is 105 Å². The zero-order valence-electron chi connectivity index (χ0n) is 30.0. The van der Waals surface area contributed by atoms with Crippen LogP contribution in [0.15, 0.2) is 59.4 Å². The van der Waals surface area contributed by atoms with Crippen molar-refractivity contribution in [3.63, 3.8) is 0 Å². The normalized spacial score (nSPS) is 16.5. The van der Waals surface area contributed by atoms with Crippen LogP contribution in [0.2, 0.25) is 0 Å². The highest BCUT2D eigenvalue weighted by Crippen LogP contribution is 2.34. The van der Waals surface area contributed by atoms with E-state index in [-0.39, 0.29) is 24.1 Å². The molecule has 5 heterocycles. The van der Waals surface area contributed by atoms with Crippen molar-refractivity contribution in [1.82, 2.24) is 40.2 Å². The fourth-order valence-corrected chi connectivity index (χ4v) is 7.12. The minimum Gasteiger partial charge on any atom is -0.490 e. The van der Waals surface area contributed by atoms with Crippen LogP contribution >= 0.6 is 0 Å². The molecule has 0 spiro atoms. The summed E-state index contributed by atoms with van der Waals surface area (Å²) in [6.07, 6.45) is 6.40. The first-order chi connectivity index (χ1) is 24.7. The van der Waals surface area contributed by atoms with Gasteiger partial charge >= 0.3 is 11.8 Å². The van der Waals surface area contributed by atoms with Crippen LogP contribution in [-0.2, 0) is 18.7 Å². The predicted octanol–water partition coefficient (Wildman–Crippen LogP) is 5.48. The number of hydrogen-bond donors (Lipinski definition) is 3. The highest BCUT2D eigenvalue weighted by atomic mass is 16.5. The quantitative estimate of drug-likeness (QED) is 0.172. The Bertz CT molecular complexity index is 1970. The largest absolute Gasteiger partial charge is 0.490 e. The molecule has 2 fully saturated rings. The molecule has 7 rings (SSSR count). The van der Waals surface area contributed by atoms with E-state index in [1.807, 2.05) is 76.2 Å². The number of fused-ring (bicyclic) bond motifs is 1. The predicted molar refractivity (Wildman–Crippen MR) is 195 cm³/mol. The summed E-state index contributed by atoms with van der Waals surface area (Å²) in [6, 6.07) is 16.2. The van der Waals surface area contributed by atoms with E-state index in [1.165, 1.54) is 25.7 Å². The number of benzene rings is 2. The third-order valence-electron chi connectivity index (χ3n) is 10.1. The molecule has 0 aliphatic carbocycles. The van der Waals surface area contributed by atoms with E-state index >= 15 is 0 Å². The summed E-state index contributed by atoms with van der Waals surface area (Å²) in [7, 11) is 0. The Morgan fingerprint density at radius 1 is 1.02 bits per heavy atom. The monoisotopic (exact) mass is 692 g/mol. The van der Waals surface area contributed by atoms with Gasteiger partial charge in [0.25, 0.3) is 0 Å². The first-order valence-electron chi connectivity index (χ1n) is 18.0. The van der Waals surface area contributed by atoms with Gasteiger partial charge in [-0.1, -0.05) is 38.1 Å². The van der Waals surface area contributed by atoms with Crippen molar-refractivity contribution in [2.24, 2.45) is 5.92 Å². The summed E-state index contributed by atoms with van der Waals surface area (Å²) >= 11 is 0. The number of rotatable bonds is 10. The molecule has 0 unspecified atom stereocenters. The Morgan fingerprint density at radius 3 is 2.45 bits per heavy atom. The lowest BCUT2D eigenvalue weighted by Gasteiger charge is -2.35. The molecule has 0 atom stereocenters. The van der Waals surface area contributed by atoms with Crippen molar-refractivity contribution in [1.29, 1.82) is 0 Å². The molecule has 12 heteroatoms. The van der Waals surface area contributed by atoms with Crippen LogP contribution in [-0.4, -0.2) is 79.4 Å². The molecule has 2 aromatic carbocycles. The third-order valence-corrected chi connectivity index (χ3v) is 10.1. The average Bonchev–Trinajstić information content (AvgIpc) is 3.79. The lowest BCUT2D eigenvalue weighted by molar-refractivity contribution is 0.0873. The molecular formula is C39H48N8O4. The van der Waals surface area contributed by atoms with Gasteiger partial charge in [0.05, 0.1) is 11.4 Å². The summed E-state index contributed by atoms with van der Waals surface area (Å²) in [5.74, 6) is 1.69.